The summed E-state index contributed by atoms with van der Waals surface area (Å²) < 4.78 is 38.8. The molecular formula is C26H25NO12S. The molecule has 0 amide bonds. The third kappa shape index (κ3) is 6.63. The third-order valence-corrected chi connectivity index (χ3v) is 6.24. The van der Waals surface area contributed by atoms with E-state index in [2.05, 4.69) is 4.98 Å². The Labute approximate surface area is 230 Å². The maximum absolute atomic E-state index is 13.0. The maximum Gasteiger partial charge on any atom is 0.303 e. The van der Waals surface area contributed by atoms with E-state index >= 15 is 0 Å². The molecule has 40 heavy (non-hydrogen) atoms. The number of esters is 4. The number of nitrogens with zero attached hydrogens (tertiary/aromatic N) is 1. The van der Waals surface area contributed by atoms with E-state index in [1.807, 2.05) is 0 Å². The van der Waals surface area contributed by atoms with Gasteiger partial charge in [-0.2, -0.15) is 0 Å². The number of carbonyl (C=O) groups is 4. The summed E-state index contributed by atoms with van der Waals surface area (Å²) in [5, 5.41) is 1.99. The molecule has 1 aliphatic heterocycles. The Hall–Kier alpha value is -4.30. The van der Waals surface area contributed by atoms with Crippen molar-refractivity contribution in [2.24, 2.45) is 0 Å². The number of fused-ring (bicyclic) bond motifs is 1. The van der Waals surface area contributed by atoms with E-state index in [0.29, 0.717) is 11.3 Å². The first kappa shape index (κ1) is 28.7. The van der Waals surface area contributed by atoms with Gasteiger partial charge >= 0.3 is 23.9 Å². The second-order valence-corrected chi connectivity index (χ2v) is 9.41. The average Bonchev–Trinajstić information content (AvgIpc) is 3.40. The summed E-state index contributed by atoms with van der Waals surface area (Å²) in [6.45, 7) is 4.14. The van der Waals surface area contributed by atoms with E-state index < -0.39 is 61.2 Å². The molecule has 0 spiro atoms. The van der Waals surface area contributed by atoms with Gasteiger partial charge in [-0.25, -0.2) is 4.98 Å². The minimum Gasteiger partial charge on any atom is -0.463 e. The number of benzene rings is 1. The van der Waals surface area contributed by atoms with Crippen molar-refractivity contribution >= 4 is 46.2 Å². The number of hydrogen-bond acceptors (Lipinski definition) is 14. The van der Waals surface area contributed by atoms with Crippen LogP contribution in [0, 0.1) is 0 Å². The topological polar surface area (TPSA) is 167 Å². The van der Waals surface area contributed by atoms with Crippen molar-refractivity contribution in [1.29, 1.82) is 0 Å². The summed E-state index contributed by atoms with van der Waals surface area (Å²) in [5.41, 5.74) is 2.27. The first-order valence-electron chi connectivity index (χ1n) is 11.9. The van der Waals surface area contributed by atoms with Gasteiger partial charge in [0.2, 0.25) is 17.8 Å². The lowest BCUT2D eigenvalue weighted by Gasteiger charge is -2.43. The zero-order valence-electron chi connectivity index (χ0n) is 21.8. The third-order valence-electron chi connectivity index (χ3n) is 5.65. The minimum atomic E-state index is -1.43. The van der Waals surface area contributed by atoms with Gasteiger partial charge in [-0.15, -0.1) is 11.3 Å². The van der Waals surface area contributed by atoms with Crippen LogP contribution in [0.1, 0.15) is 27.7 Å². The Balaban J connectivity index is 1.70. The lowest BCUT2D eigenvalue weighted by molar-refractivity contribution is -0.288. The van der Waals surface area contributed by atoms with Crippen molar-refractivity contribution in [2.45, 2.75) is 58.4 Å². The summed E-state index contributed by atoms with van der Waals surface area (Å²) in [4.78, 5) is 64.5. The molecule has 1 aromatic carbocycles. The Bertz CT molecular complexity index is 1470. The highest BCUT2D eigenvalue weighted by Gasteiger charge is 2.53. The molecule has 0 saturated carbocycles. The lowest BCUT2D eigenvalue weighted by Crippen LogP contribution is -2.63. The van der Waals surface area contributed by atoms with E-state index in [4.69, 9.17) is 32.8 Å². The number of carbonyl (C=O) groups excluding carboxylic acids is 4. The molecule has 1 fully saturated rings. The molecule has 0 radical (unpaired) electrons. The van der Waals surface area contributed by atoms with Crippen LogP contribution in [0.25, 0.3) is 22.2 Å². The van der Waals surface area contributed by atoms with Gasteiger partial charge in [-0.05, 0) is 12.1 Å². The zero-order valence-corrected chi connectivity index (χ0v) is 22.6. The molecule has 2 aromatic heterocycles. The Morgan fingerprint density at radius 3 is 2.23 bits per heavy atom. The highest BCUT2D eigenvalue weighted by molar-refractivity contribution is 7.07. The minimum absolute atomic E-state index is 0.137. The monoisotopic (exact) mass is 575 g/mol. The van der Waals surface area contributed by atoms with Crippen molar-refractivity contribution in [3.63, 3.8) is 0 Å². The van der Waals surface area contributed by atoms with Crippen molar-refractivity contribution in [1.82, 2.24) is 4.98 Å². The summed E-state index contributed by atoms with van der Waals surface area (Å²) in [6.07, 6.45) is -5.42. The second-order valence-electron chi connectivity index (χ2n) is 8.70. The molecule has 1 saturated heterocycles. The smallest absolute Gasteiger partial charge is 0.303 e. The largest absolute Gasteiger partial charge is 0.463 e. The van der Waals surface area contributed by atoms with E-state index in [1.54, 1.807) is 10.9 Å². The van der Waals surface area contributed by atoms with Crippen LogP contribution in [0.3, 0.4) is 0 Å². The van der Waals surface area contributed by atoms with Crippen LogP contribution < -0.4 is 10.2 Å². The van der Waals surface area contributed by atoms with Gasteiger partial charge in [0.1, 0.15) is 30.3 Å². The van der Waals surface area contributed by atoms with Gasteiger partial charge in [0.25, 0.3) is 0 Å². The van der Waals surface area contributed by atoms with Crippen LogP contribution in [0.5, 0.6) is 5.75 Å². The van der Waals surface area contributed by atoms with Gasteiger partial charge in [-0.3, -0.25) is 24.0 Å². The van der Waals surface area contributed by atoms with Gasteiger partial charge in [0.15, 0.2) is 12.2 Å². The van der Waals surface area contributed by atoms with E-state index in [1.165, 1.54) is 42.7 Å². The van der Waals surface area contributed by atoms with E-state index in [-0.39, 0.29) is 22.1 Å². The standard InChI is InChI=1S/C26H25NO12S/c1-12(28)33-9-21-23(35-13(2)29)24(36-14(3)30)25(37-15(4)31)26(39-21)38-16-5-6-17-20(7-16)34-8-18(22(17)32)19-10-40-11-27-19/h5-8,10-11,21,23-26H,9H2,1-4H3/t21-,23-,24+,25-,26-/m0/s1. The molecule has 0 unspecified atom stereocenters. The first-order chi connectivity index (χ1) is 19.0. The van der Waals surface area contributed by atoms with Gasteiger partial charge in [0.05, 0.1) is 22.2 Å². The van der Waals surface area contributed by atoms with E-state index in [9.17, 15) is 24.0 Å². The number of ether oxygens (including phenoxy) is 6. The van der Waals surface area contributed by atoms with Crippen LogP contribution >= 0.6 is 11.3 Å². The SMILES string of the molecule is CC(=O)OC[C@@H]1O[C@H](Oc2ccc3c(=O)c(-c4cscn4)coc3c2)[C@@H](OC(C)=O)[C@H](OC(C)=O)[C@H]1OC(C)=O. The molecular weight excluding hydrogens is 550 g/mol. The maximum atomic E-state index is 13.0. The predicted molar refractivity (Wildman–Crippen MR) is 136 cm³/mol. The molecule has 14 heteroatoms. The zero-order chi connectivity index (χ0) is 29.0. The van der Waals surface area contributed by atoms with Crippen LogP contribution in [0.4, 0.5) is 0 Å². The highest BCUT2D eigenvalue weighted by atomic mass is 32.1. The number of thiazole rings is 1. The summed E-state index contributed by atoms with van der Waals surface area (Å²) >= 11 is 1.34. The molecule has 3 heterocycles. The Morgan fingerprint density at radius 2 is 1.60 bits per heavy atom. The molecule has 4 rings (SSSR count). The van der Waals surface area contributed by atoms with Gasteiger partial charge in [-0.1, -0.05) is 0 Å². The fourth-order valence-electron chi connectivity index (χ4n) is 4.12. The average molecular weight is 576 g/mol. The summed E-state index contributed by atoms with van der Waals surface area (Å²) in [5.74, 6) is -2.79. The number of aromatic nitrogens is 1. The summed E-state index contributed by atoms with van der Waals surface area (Å²) in [7, 11) is 0. The van der Waals surface area contributed by atoms with Crippen LogP contribution in [-0.2, 0) is 42.9 Å². The fourth-order valence-corrected chi connectivity index (χ4v) is 4.67. The normalized spacial score (nSPS) is 22.2. The molecule has 0 N–H and O–H groups in total. The van der Waals surface area contributed by atoms with Crippen molar-refractivity contribution in [3.8, 4) is 17.0 Å². The molecule has 3 aromatic rings. The fraction of sp³-hybridized carbons (Fsp3) is 0.385. The van der Waals surface area contributed by atoms with Crippen molar-refractivity contribution in [2.75, 3.05) is 6.61 Å². The Morgan fingerprint density at radius 1 is 0.925 bits per heavy atom. The molecule has 0 aliphatic carbocycles. The van der Waals surface area contributed by atoms with Gasteiger partial charge < -0.3 is 32.8 Å². The molecule has 0 bridgehead atoms. The molecule has 1 aliphatic rings. The quantitative estimate of drug-likeness (QED) is 0.284. The summed E-state index contributed by atoms with van der Waals surface area (Å²) in [6, 6.07) is 4.38. The van der Waals surface area contributed by atoms with Crippen LogP contribution in [-0.4, -0.2) is 66.2 Å². The first-order valence-corrected chi connectivity index (χ1v) is 12.9. The Kier molecular flexibility index (Phi) is 8.80. The predicted octanol–water partition coefficient (Wildman–Crippen LogP) is 2.38. The number of rotatable bonds is 8. The van der Waals surface area contributed by atoms with Crippen LogP contribution in [0.2, 0.25) is 0 Å². The van der Waals surface area contributed by atoms with Crippen molar-refractivity contribution < 1.29 is 52.0 Å². The highest BCUT2D eigenvalue weighted by Crippen LogP contribution is 2.32. The van der Waals surface area contributed by atoms with Crippen LogP contribution in [0.15, 0.2) is 44.6 Å². The second kappa shape index (κ2) is 12.3. The lowest BCUT2D eigenvalue weighted by atomic mass is 9.98. The molecule has 5 atom stereocenters. The van der Waals surface area contributed by atoms with Crippen molar-refractivity contribution in [3.05, 3.63) is 45.6 Å². The van der Waals surface area contributed by atoms with E-state index in [0.717, 1.165) is 20.8 Å². The molecule has 13 nitrogen and oxygen atoms in total. The van der Waals surface area contributed by atoms with Gasteiger partial charge in [0, 0.05) is 39.1 Å². The number of hydrogen-bond donors (Lipinski definition) is 0. The molecule has 212 valence electrons.